The van der Waals surface area contributed by atoms with Gasteiger partial charge in [-0.1, -0.05) is 18.2 Å². The third-order valence-electron chi connectivity index (χ3n) is 3.00. The monoisotopic (exact) mass is 264 g/mol. The summed E-state index contributed by atoms with van der Waals surface area (Å²) in [5, 5.41) is 8.95. The molecule has 102 valence electrons. The van der Waals surface area contributed by atoms with Crippen LogP contribution < -0.4 is 5.73 Å². The minimum absolute atomic E-state index is 0.168. The first-order chi connectivity index (χ1) is 9.06. The Balaban J connectivity index is 1.98. The van der Waals surface area contributed by atoms with Crippen LogP contribution in [0.1, 0.15) is 16.8 Å². The maximum absolute atomic E-state index is 11.9. The number of esters is 1. The molecule has 1 aromatic rings. The van der Waals surface area contributed by atoms with Gasteiger partial charge in [0.1, 0.15) is 6.10 Å². The molecule has 1 fully saturated rings. The number of likely N-dealkylation sites (tertiary alicyclic amines) is 1. The number of benzene rings is 1. The van der Waals surface area contributed by atoms with Gasteiger partial charge < -0.3 is 20.5 Å². The van der Waals surface area contributed by atoms with Crippen LogP contribution in [0.2, 0.25) is 0 Å². The number of hydrogen-bond donors (Lipinski definition) is 2. The molecule has 0 spiro atoms. The van der Waals surface area contributed by atoms with E-state index >= 15 is 0 Å². The number of carbonyl (C=O) groups is 2. The molecule has 3 N–H and O–H groups in total. The molecule has 0 aromatic heterocycles. The third-order valence-corrected chi connectivity index (χ3v) is 3.00. The Morgan fingerprint density at radius 2 is 1.95 bits per heavy atom. The number of amides is 1. The SMILES string of the molecule is N[C@@H]1C[C@H](OC(=O)c2ccccc2)CN(C(=O)O)C1. The van der Waals surface area contributed by atoms with Crippen molar-refractivity contribution in [2.45, 2.75) is 18.6 Å². The topological polar surface area (TPSA) is 92.9 Å². The highest BCUT2D eigenvalue weighted by Crippen LogP contribution is 2.15. The lowest BCUT2D eigenvalue weighted by Gasteiger charge is -2.34. The summed E-state index contributed by atoms with van der Waals surface area (Å²) in [4.78, 5) is 24.0. The van der Waals surface area contributed by atoms with Crippen molar-refractivity contribution in [3.8, 4) is 0 Å². The zero-order chi connectivity index (χ0) is 13.8. The Bertz CT molecular complexity index is 463. The van der Waals surface area contributed by atoms with Gasteiger partial charge in [-0.2, -0.15) is 0 Å². The van der Waals surface area contributed by atoms with Gasteiger partial charge in [0.25, 0.3) is 0 Å². The van der Waals surface area contributed by atoms with Crippen molar-refractivity contribution in [2.24, 2.45) is 5.73 Å². The first-order valence-corrected chi connectivity index (χ1v) is 6.05. The molecule has 0 bridgehead atoms. The summed E-state index contributed by atoms with van der Waals surface area (Å²) in [5.74, 6) is -0.454. The van der Waals surface area contributed by atoms with E-state index in [9.17, 15) is 9.59 Å². The molecule has 0 saturated carbocycles. The molecule has 0 aliphatic carbocycles. The standard InChI is InChI=1S/C13H16N2O4/c14-10-6-11(8-15(7-10)13(17)18)19-12(16)9-4-2-1-3-5-9/h1-5,10-11H,6-8,14H2,(H,17,18)/t10-,11+/m1/s1. The third kappa shape index (κ3) is 3.45. The second-order valence-corrected chi connectivity index (χ2v) is 4.58. The lowest BCUT2D eigenvalue weighted by atomic mass is 10.0. The molecule has 0 radical (unpaired) electrons. The van der Waals surface area contributed by atoms with E-state index < -0.39 is 18.2 Å². The number of nitrogens with two attached hydrogens (primary N) is 1. The molecule has 6 heteroatoms. The van der Waals surface area contributed by atoms with Crippen molar-refractivity contribution >= 4 is 12.1 Å². The largest absolute Gasteiger partial charge is 0.465 e. The number of carboxylic acid groups (broad SMARTS) is 1. The summed E-state index contributed by atoms with van der Waals surface area (Å²) in [6.07, 6.45) is -1.06. The average Bonchev–Trinajstić information content (AvgIpc) is 2.39. The summed E-state index contributed by atoms with van der Waals surface area (Å²) in [7, 11) is 0. The fraction of sp³-hybridized carbons (Fsp3) is 0.385. The summed E-state index contributed by atoms with van der Waals surface area (Å²) in [5.41, 5.74) is 6.22. The minimum Gasteiger partial charge on any atom is -0.465 e. The van der Waals surface area contributed by atoms with E-state index in [2.05, 4.69) is 0 Å². The van der Waals surface area contributed by atoms with Crippen molar-refractivity contribution in [3.63, 3.8) is 0 Å². The molecule has 1 aromatic carbocycles. The van der Waals surface area contributed by atoms with E-state index in [1.807, 2.05) is 0 Å². The van der Waals surface area contributed by atoms with Gasteiger partial charge in [0.15, 0.2) is 0 Å². The molecule has 1 amide bonds. The molecule has 1 saturated heterocycles. The van der Waals surface area contributed by atoms with Gasteiger partial charge in [-0.15, -0.1) is 0 Å². The van der Waals surface area contributed by atoms with Crippen molar-refractivity contribution < 1.29 is 19.4 Å². The fourth-order valence-corrected chi connectivity index (χ4v) is 2.13. The van der Waals surface area contributed by atoms with Crippen LogP contribution in [-0.4, -0.2) is 47.3 Å². The number of ether oxygens (including phenoxy) is 1. The minimum atomic E-state index is -1.05. The van der Waals surface area contributed by atoms with Gasteiger partial charge in [-0.3, -0.25) is 0 Å². The Hall–Kier alpha value is -2.08. The number of nitrogens with zero attached hydrogens (tertiary/aromatic N) is 1. The number of carbonyl (C=O) groups excluding carboxylic acids is 1. The Morgan fingerprint density at radius 3 is 2.58 bits per heavy atom. The number of hydrogen-bond acceptors (Lipinski definition) is 4. The molecule has 1 aliphatic heterocycles. The molecule has 0 unspecified atom stereocenters. The highest BCUT2D eigenvalue weighted by atomic mass is 16.5. The van der Waals surface area contributed by atoms with Crippen molar-refractivity contribution in [3.05, 3.63) is 35.9 Å². The van der Waals surface area contributed by atoms with Gasteiger partial charge in [0.2, 0.25) is 0 Å². The van der Waals surface area contributed by atoms with Crippen LogP contribution >= 0.6 is 0 Å². The summed E-state index contributed by atoms with van der Waals surface area (Å²) in [6, 6.07) is 8.29. The van der Waals surface area contributed by atoms with Crippen LogP contribution in [0.3, 0.4) is 0 Å². The first kappa shape index (κ1) is 13.4. The van der Waals surface area contributed by atoms with E-state index in [0.29, 0.717) is 12.0 Å². The van der Waals surface area contributed by atoms with Gasteiger partial charge in [-0.05, 0) is 12.1 Å². The molecular weight excluding hydrogens is 248 g/mol. The molecule has 19 heavy (non-hydrogen) atoms. The van der Waals surface area contributed by atoms with Crippen LogP contribution in [0.5, 0.6) is 0 Å². The van der Waals surface area contributed by atoms with Crippen molar-refractivity contribution in [1.82, 2.24) is 4.90 Å². The average molecular weight is 264 g/mol. The predicted octanol–water partition coefficient (Wildman–Crippen LogP) is 0.923. The van der Waals surface area contributed by atoms with Crippen LogP contribution in [0.15, 0.2) is 30.3 Å². The molecule has 2 rings (SSSR count). The number of piperidine rings is 1. The van der Waals surface area contributed by atoms with Crippen LogP contribution in [0.4, 0.5) is 4.79 Å². The maximum atomic E-state index is 11.9. The highest BCUT2D eigenvalue weighted by Gasteiger charge is 2.30. The summed E-state index contributed by atoms with van der Waals surface area (Å²) in [6.45, 7) is 0.441. The summed E-state index contributed by atoms with van der Waals surface area (Å²) >= 11 is 0. The molecule has 6 nitrogen and oxygen atoms in total. The normalized spacial score (nSPS) is 22.9. The quantitative estimate of drug-likeness (QED) is 0.775. The van der Waals surface area contributed by atoms with Crippen molar-refractivity contribution in [1.29, 1.82) is 0 Å². The van der Waals surface area contributed by atoms with Crippen LogP contribution in [0.25, 0.3) is 0 Å². The fourth-order valence-electron chi connectivity index (χ4n) is 2.13. The van der Waals surface area contributed by atoms with E-state index in [0.717, 1.165) is 0 Å². The van der Waals surface area contributed by atoms with Gasteiger partial charge >= 0.3 is 12.1 Å². The Labute approximate surface area is 110 Å². The van der Waals surface area contributed by atoms with Gasteiger partial charge in [0.05, 0.1) is 12.1 Å². The molecule has 1 aliphatic rings. The Kier molecular flexibility index (Phi) is 4.01. The van der Waals surface area contributed by atoms with Gasteiger partial charge in [-0.25, -0.2) is 9.59 Å². The molecule has 1 heterocycles. The Morgan fingerprint density at radius 1 is 1.26 bits per heavy atom. The first-order valence-electron chi connectivity index (χ1n) is 6.05. The second-order valence-electron chi connectivity index (χ2n) is 4.58. The zero-order valence-electron chi connectivity index (χ0n) is 10.4. The van der Waals surface area contributed by atoms with E-state index in [1.54, 1.807) is 30.3 Å². The van der Waals surface area contributed by atoms with E-state index in [4.69, 9.17) is 15.6 Å². The lowest BCUT2D eigenvalue weighted by Crippen LogP contribution is -2.52. The molecule has 2 atom stereocenters. The van der Waals surface area contributed by atoms with E-state index in [-0.39, 0.29) is 19.1 Å². The highest BCUT2D eigenvalue weighted by molar-refractivity contribution is 5.89. The van der Waals surface area contributed by atoms with Crippen LogP contribution in [0, 0.1) is 0 Å². The maximum Gasteiger partial charge on any atom is 0.407 e. The smallest absolute Gasteiger partial charge is 0.407 e. The lowest BCUT2D eigenvalue weighted by molar-refractivity contribution is 0.00502. The van der Waals surface area contributed by atoms with Gasteiger partial charge in [0, 0.05) is 19.0 Å². The summed E-state index contributed by atoms with van der Waals surface area (Å²) < 4.78 is 5.30. The molecular formula is C13H16N2O4. The van der Waals surface area contributed by atoms with E-state index in [1.165, 1.54) is 4.90 Å². The van der Waals surface area contributed by atoms with Crippen molar-refractivity contribution in [2.75, 3.05) is 13.1 Å². The number of rotatable bonds is 2. The second kappa shape index (κ2) is 5.71. The van der Waals surface area contributed by atoms with Crippen LogP contribution in [-0.2, 0) is 4.74 Å². The predicted molar refractivity (Wildman–Crippen MR) is 67.8 cm³/mol. The zero-order valence-corrected chi connectivity index (χ0v) is 10.4.